The van der Waals surface area contributed by atoms with Crippen LogP contribution in [-0.2, 0) is 6.54 Å². The average molecular weight is 265 g/mol. The zero-order valence-corrected chi connectivity index (χ0v) is 11.2. The van der Waals surface area contributed by atoms with Gasteiger partial charge >= 0.3 is 0 Å². The third kappa shape index (κ3) is 3.56. The van der Waals surface area contributed by atoms with Gasteiger partial charge < -0.3 is 10.2 Å². The van der Waals surface area contributed by atoms with Crippen molar-refractivity contribution in [2.75, 3.05) is 26.3 Å². The Labute approximate surface area is 112 Å². The first-order valence-electron chi connectivity index (χ1n) is 6.32. The molecule has 0 saturated carbocycles. The van der Waals surface area contributed by atoms with Crippen LogP contribution in [0.3, 0.4) is 0 Å². The van der Waals surface area contributed by atoms with Gasteiger partial charge in [0.15, 0.2) is 0 Å². The Bertz CT molecular complexity index is 432. The summed E-state index contributed by atoms with van der Waals surface area (Å²) in [5, 5.41) is 20.0. The van der Waals surface area contributed by atoms with Crippen molar-refractivity contribution in [3.8, 4) is 11.8 Å². The number of piperidine rings is 1. The van der Waals surface area contributed by atoms with E-state index >= 15 is 0 Å². The van der Waals surface area contributed by atoms with Crippen LogP contribution in [0.1, 0.15) is 23.3 Å². The molecule has 18 heavy (non-hydrogen) atoms. The van der Waals surface area contributed by atoms with E-state index in [0.29, 0.717) is 5.92 Å². The van der Waals surface area contributed by atoms with Gasteiger partial charge in [0.2, 0.25) is 0 Å². The lowest BCUT2D eigenvalue weighted by Crippen LogP contribution is -2.36. The van der Waals surface area contributed by atoms with Gasteiger partial charge in [-0.15, -0.1) is 11.3 Å². The predicted molar refractivity (Wildman–Crippen MR) is 73.4 cm³/mol. The fourth-order valence-electron chi connectivity index (χ4n) is 2.36. The molecule has 3 nitrogen and oxygen atoms in total. The van der Waals surface area contributed by atoms with Crippen LogP contribution in [0, 0.1) is 17.8 Å². The van der Waals surface area contributed by atoms with Gasteiger partial charge in [-0.1, -0.05) is 11.8 Å². The molecule has 0 radical (unpaired) electrons. The summed E-state index contributed by atoms with van der Waals surface area (Å²) in [5.74, 6) is 6.12. The minimum absolute atomic E-state index is 0.0917. The summed E-state index contributed by atoms with van der Waals surface area (Å²) in [6.07, 6.45) is 2.29. The molecule has 1 aromatic heterocycles. The van der Waals surface area contributed by atoms with Crippen molar-refractivity contribution < 1.29 is 10.2 Å². The Morgan fingerprint density at radius 3 is 3.11 bits per heavy atom. The van der Waals surface area contributed by atoms with Crippen molar-refractivity contribution in [2.45, 2.75) is 19.4 Å². The van der Waals surface area contributed by atoms with Gasteiger partial charge in [0.25, 0.3) is 0 Å². The number of aliphatic hydroxyl groups excluding tert-OH is 2. The van der Waals surface area contributed by atoms with Crippen LogP contribution in [0.15, 0.2) is 11.4 Å². The first-order valence-corrected chi connectivity index (χ1v) is 7.20. The quantitative estimate of drug-likeness (QED) is 0.810. The van der Waals surface area contributed by atoms with E-state index < -0.39 is 0 Å². The minimum atomic E-state index is -0.0917. The first-order chi connectivity index (χ1) is 8.83. The van der Waals surface area contributed by atoms with E-state index in [1.54, 1.807) is 11.3 Å². The molecule has 0 aromatic carbocycles. The molecule has 1 atom stereocenters. The van der Waals surface area contributed by atoms with Crippen molar-refractivity contribution in [2.24, 2.45) is 5.92 Å². The van der Waals surface area contributed by atoms with E-state index in [4.69, 9.17) is 5.11 Å². The monoisotopic (exact) mass is 265 g/mol. The van der Waals surface area contributed by atoms with Crippen LogP contribution >= 0.6 is 11.3 Å². The molecule has 1 fully saturated rings. The van der Waals surface area contributed by atoms with Crippen molar-refractivity contribution in [3.05, 3.63) is 21.9 Å². The molecule has 2 rings (SSSR count). The molecule has 0 spiro atoms. The standard InChI is InChI=1S/C14H19NO2S/c16-7-2-4-13-5-8-18-14(13)10-15-6-1-3-12(9-15)11-17/h5,8,12,16-17H,1,3,6-7,9-11H2. The lowest BCUT2D eigenvalue weighted by atomic mass is 9.99. The molecule has 0 bridgehead atoms. The van der Waals surface area contributed by atoms with Gasteiger partial charge in [-0.3, -0.25) is 4.90 Å². The second kappa shape index (κ2) is 6.91. The van der Waals surface area contributed by atoms with Crippen LogP contribution in [-0.4, -0.2) is 41.4 Å². The summed E-state index contributed by atoms with van der Waals surface area (Å²) >= 11 is 1.71. The van der Waals surface area contributed by atoms with Crippen molar-refractivity contribution >= 4 is 11.3 Å². The van der Waals surface area contributed by atoms with Crippen molar-refractivity contribution in [1.82, 2.24) is 4.90 Å². The van der Waals surface area contributed by atoms with E-state index in [-0.39, 0.29) is 13.2 Å². The molecule has 1 saturated heterocycles. The molecule has 4 heteroatoms. The number of hydrogen-bond acceptors (Lipinski definition) is 4. The molecule has 2 heterocycles. The van der Waals surface area contributed by atoms with Gasteiger partial charge in [0.05, 0.1) is 0 Å². The summed E-state index contributed by atoms with van der Waals surface area (Å²) < 4.78 is 0. The van der Waals surface area contributed by atoms with Crippen LogP contribution < -0.4 is 0 Å². The fourth-order valence-corrected chi connectivity index (χ4v) is 3.23. The van der Waals surface area contributed by atoms with Gasteiger partial charge in [-0.2, -0.15) is 0 Å². The molecule has 1 aliphatic rings. The van der Waals surface area contributed by atoms with E-state index in [0.717, 1.165) is 38.0 Å². The average Bonchev–Trinajstić information content (AvgIpc) is 2.84. The van der Waals surface area contributed by atoms with Crippen LogP contribution in [0.2, 0.25) is 0 Å². The maximum atomic E-state index is 9.23. The van der Waals surface area contributed by atoms with Crippen LogP contribution in [0.25, 0.3) is 0 Å². The SMILES string of the molecule is OCC#Cc1ccsc1CN1CCCC(CO)C1. The maximum Gasteiger partial charge on any atom is 0.104 e. The summed E-state index contributed by atoms with van der Waals surface area (Å²) in [4.78, 5) is 3.65. The molecule has 98 valence electrons. The molecule has 2 N–H and O–H groups in total. The molecule has 0 amide bonds. The van der Waals surface area contributed by atoms with Crippen molar-refractivity contribution in [1.29, 1.82) is 0 Å². The highest BCUT2D eigenvalue weighted by Crippen LogP contribution is 2.22. The Morgan fingerprint density at radius 2 is 2.33 bits per heavy atom. The zero-order chi connectivity index (χ0) is 12.8. The highest BCUT2D eigenvalue weighted by Gasteiger charge is 2.20. The summed E-state index contributed by atoms with van der Waals surface area (Å²) in [7, 11) is 0. The fraction of sp³-hybridized carbons (Fsp3) is 0.571. The summed E-state index contributed by atoms with van der Waals surface area (Å²) in [6, 6.07) is 2.01. The zero-order valence-electron chi connectivity index (χ0n) is 10.4. The number of nitrogens with zero attached hydrogens (tertiary/aromatic N) is 1. The Balaban J connectivity index is 1.98. The molecule has 1 aliphatic heterocycles. The number of aliphatic hydroxyl groups is 2. The van der Waals surface area contributed by atoms with E-state index in [2.05, 4.69) is 16.7 Å². The van der Waals surface area contributed by atoms with Crippen LogP contribution in [0.4, 0.5) is 0 Å². The van der Waals surface area contributed by atoms with E-state index in [9.17, 15) is 5.11 Å². The third-order valence-corrected chi connectivity index (χ3v) is 4.18. The Hall–Kier alpha value is -0.860. The van der Waals surface area contributed by atoms with E-state index in [1.165, 1.54) is 4.88 Å². The van der Waals surface area contributed by atoms with Crippen LogP contribution in [0.5, 0.6) is 0 Å². The maximum absolute atomic E-state index is 9.23. The lowest BCUT2D eigenvalue weighted by Gasteiger charge is -2.31. The molecular weight excluding hydrogens is 246 g/mol. The Kier molecular flexibility index (Phi) is 5.21. The van der Waals surface area contributed by atoms with Gasteiger partial charge in [0, 0.05) is 30.1 Å². The molecule has 1 unspecified atom stereocenters. The van der Waals surface area contributed by atoms with Gasteiger partial charge in [-0.05, 0) is 36.8 Å². The number of likely N-dealkylation sites (tertiary alicyclic amines) is 1. The highest BCUT2D eigenvalue weighted by atomic mass is 32.1. The van der Waals surface area contributed by atoms with E-state index in [1.807, 2.05) is 11.4 Å². The molecular formula is C14H19NO2S. The second-order valence-corrected chi connectivity index (χ2v) is 5.64. The van der Waals surface area contributed by atoms with Gasteiger partial charge in [0.1, 0.15) is 6.61 Å². The smallest absolute Gasteiger partial charge is 0.104 e. The topological polar surface area (TPSA) is 43.7 Å². The Morgan fingerprint density at radius 1 is 1.44 bits per heavy atom. The minimum Gasteiger partial charge on any atom is -0.396 e. The third-order valence-electron chi connectivity index (χ3n) is 3.28. The molecule has 1 aromatic rings. The number of thiophene rings is 1. The largest absolute Gasteiger partial charge is 0.396 e. The lowest BCUT2D eigenvalue weighted by molar-refractivity contribution is 0.116. The molecule has 0 aliphatic carbocycles. The normalized spacial score (nSPS) is 20.4. The predicted octanol–water partition coefficient (Wildman–Crippen LogP) is 1.30. The number of rotatable bonds is 3. The summed E-state index contributed by atoms with van der Waals surface area (Å²) in [5.41, 5.74) is 1.03. The highest BCUT2D eigenvalue weighted by molar-refractivity contribution is 7.10. The number of hydrogen-bond donors (Lipinski definition) is 2. The first kappa shape index (κ1) is 13.6. The second-order valence-electron chi connectivity index (χ2n) is 4.64. The summed E-state index contributed by atoms with van der Waals surface area (Å²) in [6.45, 7) is 3.18. The van der Waals surface area contributed by atoms with Crippen molar-refractivity contribution in [3.63, 3.8) is 0 Å². The van der Waals surface area contributed by atoms with Gasteiger partial charge in [-0.25, -0.2) is 0 Å².